The van der Waals surface area contributed by atoms with Gasteiger partial charge in [0.1, 0.15) is 5.75 Å². The van der Waals surface area contributed by atoms with Crippen LogP contribution in [0.3, 0.4) is 0 Å². The first kappa shape index (κ1) is 22.4. The number of anilines is 2. The lowest BCUT2D eigenvalue weighted by Crippen LogP contribution is -2.32. The molecule has 0 saturated heterocycles. The molecule has 1 amide bonds. The molecule has 0 aromatic heterocycles. The Hall–Kier alpha value is -3.32. The Morgan fingerprint density at radius 2 is 1.58 bits per heavy atom. The smallest absolute Gasteiger partial charge is 0.232 e. The minimum atomic E-state index is -3.46. The van der Waals surface area contributed by atoms with Crippen LogP contribution in [-0.4, -0.2) is 27.1 Å². The van der Waals surface area contributed by atoms with Crippen molar-refractivity contribution in [2.45, 2.75) is 19.8 Å². The zero-order valence-electron chi connectivity index (χ0n) is 17.6. The van der Waals surface area contributed by atoms with Gasteiger partial charge >= 0.3 is 0 Å². The monoisotopic (exact) mass is 438 g/mol. The predicted octanol–water partition coefficient (Wildman–Crippen LogP) is 4.97. The van der Waals surface area contributed by atoms with Crippen LogP contribution in [-0.2, 0) is 14.8 Å². The Morgan fingerprint density at radius 1 is 0.935 bits per heavy atom. The average Bonchev–Trinajstić information content (AvgIpc) is 2.73. The van der Waals surface area contributed by atoms with Gasteiger partial charge in [-0.1, -0.05) is 48.5 Å². The highest BCUT2D eigenvalue weighted by Gasteiger charge is 2.19. The fraction of sp³-hybridized carbons (Fsp3) is 0.208. The third-order valence-electron chi connectivity index (χ3n) is 4.68. The summed E-state index contributed by atoms with van der Waals surface area (Å²) in [7, 11) is -3.46. The second-order valence-corrected chi connectivity index (χ2v) is 9.09. The lowest BCUT2D eigenvalue weighted by Gasteiger charge is -2.24. The molecule has 0 saturated carbocycles. The van der Waals surface area contributed by atoms with E-state index in [1.54, 1.807) is 24.3 Å². The summed E-state index contributed by atoms with van der Waals surface area (Å²) in [5.41, 5.74) is 2.06. The van der Waals surface area contributed by atoms with E-state index in [2.05, 4.69) is 5.32 Å². The molecular formula is C24H26N2O4S. The standard InChI is InChI=1S/C24H26N2O4S/c1-19-11-6-8-15-22(19)26(31(2,28)29)18-10-17-24(27)25-21-14-7-9-16-23(21)30-20-12-4-3-5-13-20/h3-9,11-16H,10,17-18H2,1-2H3,(H,25,27). The number of nitrogens with zero attached hydrogens (tertiary/aromatic N) is 1. The Balaban J connectivity index is 1.62. The van der Waals surface area contributed by atoms with Gasteiger partial charge in [0.2, 0.25) is 15.9 Å². The molecule has 3 aromatic rings. The molecule has 0 aliphatic heterocycles. The largest absolute Gasteiger partial charge is 0.455 e. The summed E-state index contributed by atoms with van der Waals surface area (Å²) in [5, 5.41) is 2.86. The van der Waals surface area contributed by atoms with E-state index in [1.165, 1.54) is 10.6 Å². The maximum absolute atomic E-state index is 12.5. The number of hydrogen-bond acceptors (Lipinski definition) is 4. The van der Waals surface area contributed by atoms with Crippen molar-refractivity contribution in [1.29, 1.82) is 0 Å². The summed E-state index contributed by atoms with van der Waals surface area (Å²) >= 11 is 0. The minimum Gasteiger partial charge on any atom is -0.455 e. The van der Waals surface area contributed by atoms with Crippen LogP contribution in [0.25, 0.3) is 0 Å². The number of para-hydroxylation sites is 4. The van der Waals surface area contributed by atoms with Gasteiger partial charge in [-0.05, 0) is 49.2 Å². The van der Waals surface area contributed by atoms with Crippen molar-refractivity contribution in [3.8, 4) is 11.5 Å². The van der Waals surface area contributed by atoms with E-state index >= 15 is 0 Å². The SMILES string of the molecule is Cc1ccccc1N(CCCC(=O)Nc1ccccc1Oc1ccccc1)S(C)(=O)=O. The molecule has 3 aromatic carbocycles. The number of carbonyl (C=O) groups excluding carboxylic acids is 1. The van der Waals surface area contributed by atoms with Gasteiger partial charge < -0.3 is 10.1 Å². The summed E-state index contributed by atoms with van der Waals surface area (Å²) in [6.45, 7) is 2.09. The van der Waals surface area contributed by atoms with E-state index in [-0.39, 0.29) is 18.9 Å². The second kappa shape index (κ2) is 10.1. The van der Waals surface area contributed by atoms with Crippen molar-refractivity contribution < 1.29 is 17.9 Å². The zero-order chi connectivity index (χ0) is 22.3. The highest BCUT2D eigenvalue weighted by Crippen LogP contribution is 2.29. The van der Waals surface area contributed by atoms with E-state index in [1.807, 2.05) is 61.5 Å². The van der Waals surface area contributed by atoms with Gasteiger partial charge in [0.05, 0.1) is 17.6 Å². The lowest BCUT2D eigenvalue weighted by molar-refractivity contribution is -0.116. The first-order valence-corrected chi connectivity index (χ1v) is 11.8. The number of amides is 1. The Labute approximate surface area is 183 Å². The molecule has 0 unspecified atom stereocenters. The van der Waals surface area contributed by atoms with Gasteiger partial charge in [0, 0.05) is 13.0 Å². The van der Waals surface area contributed by atoms with E-state index in [4.69, 9.17) is 4.74 Å². The fourth-order valence-electron chi connectivity index (χ4n) is 3.18. The van der Waals surface area contributed by atoms with Crippen molar-refractivity contribution in [3.63, 3.8) is 0 Å². The third-order valence-corrected chi connectivity index (χ3v) is 5.86. The van der Waals surface area contributed by atoms with Crippen LogP contribution < -0.4 is 14.4 Å². The molecule has 0 fully saturated rings. The van der Waals surface area contributed by atoms with Crippen molar-refractivity contribution in [2.75, 3.05) is 22.4 Å². The molecule has 0 bridgehead atoms. The summed E-state index contributed by atoms with van der Waals surface area (Å²) in [5.74, 6) is 1.01. The Kier molecular flexibility index (Phi) is 7.31. The van der Waals surface area contributed by atoms with Gasteiger partial charge in [-0.15, -0.1) is 0 Å². The molecule has 0 radical (unpaired) electrons. The maximum Gasteiger partial charge on any atom is 0.232 e. The molecule has 0 heterocycles. The molecule has 0 spiro atoms. The number of aryl methyl sites for hydroxylation is 1. The molecular weight excluding hydrogens is 412 g/mol. The van der Waals surface area contributed by atoms with Gasteiger partial charge in [0.15, 0.2) is 5.75 Å². The van der Waals surface area contributed by atoms with Crippen molar-refractivity contribution in [3.05, 3.63) is 84.4 Å². The van der Waals surface area contributed by atoms with Crippen LogP contribution in [0.15, 0.2) is 78.9 Å². The van der Waals surface area contributed by atoms with Crippen LogP contribution >= 0.6 is 0 Å². The number of rotatable bonds is 9. The van der Waals surface area contributed by atoms with Crippen molar-refractivity contribution >= 4 is 27.3 Å². The summed E-state index contributed by atoms with van der Waals surface area (Å²) < 4.78 is 31.8. The molecule has 1 N–H and O–H groups in total. The van der Waals surface area contributed by atoms with E-state index in [0.29, 0.717) is 29.3 Å². The summed E-state index contributed by atoms with van der Waals surface area (Å²) in [4.78, 5) is 12.5. The lowest BCUT2D eigenvalue weighted by atomic mass is 10.2. The molecule has 31 heavy (non-hydrogen) atoms. The van der Waals surface area contributed by atoms with E-state index in [0.717, 1.165) is 5.56 Å². The average molecular weight is 439 g/mol. The third kappa shape index (κ3) is 6.33. The fourth-order valence-corrected chi connectivity index (χ4v) is 4.20. The number of ether oxygens (including phenoxy) is 1. The number of nitrogens with one attached hydrogen (secondary N) is 1. The van der Waals surface area contributed by atoms with Gasteiger partial charge in [0.25, 0.3) is 0 Å². The number of sulfonamides is 1. The van der Waals surface area contributed by atoms with Crippen LogP contribution in [0, 0.1) is 6.92 Å². The second-order valence-electron chi connectivity index (χ2n) is 7.18. The highest BCUT2D eigenvalue weighted by atomic mass is 32.2. The van der Waals surface area contributed by atoms with Crippen molar-refractivity contribution in [2.24, 2.45) is 0 Å². The van der Waals surface area contributed by atoms with Crippen molar-refractivity contribution in [1.82, 2.24) is 0 Å². The van der Waals surface area contributed by atoms with Crippen LogP contribution in [0.5, 0.6) is 11.5 Å². The predicted molar refractivity (Wildman–Crippen MR) is 124 cm³/mol. The molecule has 6 nitrogen and oxygen atoms in total. The summed E-state index contributed by atoms with van der Waals surface area (Å²) in [6, 6.07) is 23.8. The van der Waals surface area contributed by atoms with E-state index < -0.39 is 10.0 Å². The Bertz CT molecular complexity index is 1130. The first-order chi connectivity index (χ1) is 14.8. The number of carbonyl (C=O) groups is 1. The molecule has 7 heteroatoms. The van der Waals surface area contributed by atoms with Gasteiger partial charge in [-0.2, -0.15) is 0 Å². The molecule has 0 atom stereocenters. The van der Waals surface area contributed by atoms with Crippen LogP contribution in [0.2, 0.25) is 0 Å². The topological polar surface area (TPSA) is 75.7 Å². The van der Waals surface area contributed by atoms with Gasteiger partial charge in [-0.3, -0.25) is 9.10 Å². The first-order valence-electron chi connectivity index (χ1n) is 10.00. The number of hydrogen-bond donors (Lipinski definition) is 1. The van der Waals surface area contributed by atoms with Crippen LogP contribution in [0.1, 0.15) is 18.4 Å². The molecule has 3 rings (SSSR count). The maximum atomic E-state index is 12.5. The molecule has 0 aliphatic rings. The van der Waals surface area contributed by atoms with E-state index in [9.17, 15) is 13.2 Å². The zero-order valence-corrected chi connectivity index (χ0v) is 18.4. The highest BCUT2D eigenvalue weighted by molar-refractivity contribution is 7.92. The normalized spacial score (nSPS) is 11.0. The number of benzene rings is 3. The Morgan fingerprint density at radius 3 is 2.29 bits per heavy atom. The molecule has 162 valence electrons. The van der Waals surface area contributed by atoms with Gasteiger partial charge in [-0.25, -0.2) is 8.42 Å². The summed E-state index contributed by atoms with van der Waals surface area (Å²) in [6.07, 6.45) is 1.74. The molecule has 0 aliphatic carbocycles. The quantitative estimate of drug-likeness (QED) is 0.512. The van der Waals surface area contributed by atoms with Crippen LogP contribution in [0.4, 0.5) is 11.4 Å². The minimum absolute atomic E-state index is 0.178.